The molecule has 0 unspecified atom stereocenters. The summed E-state index contributed by atoms with van der Waals surface area (Å²) in [6.45, 7) is 4.59. The van der Waals surface area contributed by atoms with Crippen molar-refractivity contribution in [3.63, 3.8) is 0 Å². The molecule has 138 valence electrons. The maximum atomic E-state index is 12.1. The Morgan fingerprint density at radius 3 is 2.63 bits per heavy atom. The number of nitrogens with one attached hydrogen (secondary N) is 1. The highest BCUT2D eigenvalue weighted by molar-refractivity contribution is 7.16. The molecule has 0 saturated heterocycles. The van der Waals surface area contributed by atoms with Gasteiger partial charge in [0.05, 0.1) is 28.3 Å². The number of aromatic nitrogens is 2. The van der Waals surface area contributed by atoms with Crippen molar-refractivity contribution in [3.8, 4) is 0 Å². The van der Waals surface area contributed by atoms with Crippen LogP contribution in [0.25, 0.3) is 0 Å². The number of hydrogen-bond donors (Lipinski definition) is 1. The van der Waals surface area contributed by atoms with Crippen LogP contribution in [0.4, 0.5) is 5.00 Å². The number of nitro groups is 1. The van der Waals surface area contributed by atoms with Crippen molar-refractivity contribution >= 4 is 28.5 Å². The second-order valence-corrected chi connectivity index (χ2v) is 7.01. The maximum absolute atomic E-state index is 12.1. The molecule has 1 N–H and O–H groups in total. The van der Waals surface area contributed by atoms with E-state index in [4.69, 9.17) is 0 Å². The van der Waals surface area contributed by atoms with E-state index in [1.165, 1.54) is 12.3 Å². The van der Waals surface area contributed by atoms with Gasteiger partial charge in [0.1, 0.15) is 0 Å². The summed E-state index contributed by atoms with van der Waals surface area (Å²) < 4.78 is 1.91. The van der Waals surface area contributed by atoms with Crippen LogP contribution < -0.4 is 5.43 Å². The van der Waals surface area contributed by atoms with E-state index in [0.29, 0.717) is 17.0 Å². The minimum absolute atomic E-state index is 0.0287. The van der Waals surface area contributed by atoms with Crippen LogP contribution in [-0.2, 0) is 6.54 Å². The Labute approximate surface area is 159 Å². The van der Waals surface area contributed by atoms with Gasteiger partial charge < -0.3 is 0 Å². The molecule has 0 aliphatic heterocycles. The molecule has 0 aliphatic rings. The number of benzene rings is 1. The zero-order chi connectivity index (χ0) is 19.4. The number of carbonyl (C=O) groups is 1. The Morgan fingerprint density at radius 2 is 2.04 bits per heavy atom. The Morgan fingerprint density at radius 1 is 1.30 bits per heavy atom. The van der Waals surface area contributed by atoms with Crippen LogP contribution in [0.15, 0.2) is 47.6 Å². The maximum Gasteiger partial charge on any atom is 0.324 e. The van der Waals surface area contributed by atoms with Crippen molar-refractivity contribution in [2.45, 2.75) is 20.4 Å². The van der Waals surface area contributed by atoms with Gasteiger partial charge in [-0.05, 0) is 43.7 Å². The molecule has 0 spiro atoms. The van der Waals surface area contributed by atoms with Gasteiger partial charge in [0.15, 0.2) is 0 Å². The van der Waals surface area contributed by atoms with Crippen molar-refractivity contribution in [3.05, 3.63) is 80.0 Å². The van der Waals surface area contributed by atoms with Crippen LogP contribution in [-0.4, -0.2) is 26.8 Å². The lowest BCUT2D eigenvalue weighted by atomic mass is 10.1. The minimum atomic E-state index is -0.464. The van der Waals surface area contributed by atoms with Crippen LogP contribution in [0, 0.1) is 24.0 Å². The van der Waals surface area contributed by atoms with E-state index in [0.717, 1.165) is 28.3 Å². The smallest absolute Gasteiger partial charge is 0.267 e. The van der Waals surface area contributed by atoms with E-state index >= 15 is 0 Å². The largest absolute Gasteiger partial charge is 0.324 e. The molecule has 1 aromatic carbocycles. The summed E-state index contributed by atoms with van der Waals surface area (Å²) in [5.41, 5.74) is 5.98. The Balaban J connectivity index is 1.59. The van der Waals surface area contributed by atoms with Crippen LogP contribution in [0.5, 0.6) is 0 Å². The number of rotatable bonds is 6. The highest BCUT2D eigenvalue weighted by Crippen LogP contribution is 2.22. The van der Waals surface area contributed by atoms with Gasteiger partial charge in [-0.2, -0.15) is 10.2 Å². The highest BCUT2D eigenvalue weighted by Gasteiger charge is 2.09. The normalized spacial score (nSPS) is 11.0. The number of amides is 1. The predicted octanol–water partition coefficient (Wildman–Crippen LogP) is 3.28. The predicted molar refractivity (Wildman–Crippen MR) is 103 cm³/mol. The molecule has 0 saturated carbocycles. The highest BCUT2D eigenvalue weighted by atomic mass is 32.1. The topological polar surface area (TPSA) is 102 Å². The van der Waals surface area contributed by atoms with Crippen molar-refractivity contribution in [1.82, 2.24) is 15.2 Å². The van der Waals surface area contributed by atoms with Gasteiger partial charge in [-0.1, -0.05) is 23.5 Å². The van der Waals surface area contributed by atoms with Crippen molar-refractivity contribution in [1.29, 1.82) is 0 Å². The Bertz CT molecular complexity index is 1000. The van der Waals surface area contributed by atoms with Gasteiger partial charge in [-0.25, -0.2) is 5.43 Å². The number of carbonyl (C=O) groups excluding carboxylic acids is 1. The molecule has 1 amide bonds. The lowest BCUT2D eigenvalue weighted by Crippen LogP contribution is -2.17. The molecule has 27 heavy (non-hydrogen) atoms. The molecule has 3 rings (SSSR count). The first-order chi connectivity index (χ1) is 12.9. The van der Waals surface area contributed by atoms with Crippen molar-refractivity contribution in [2.24, 2.45) is 5.10 Å². The lowest BCUT2D eigenvalue weighted by Gasteiger charge is -2.06. The average molecular weight is 383 g/mol. The Hall–Kier alpha value is -3.33. The zero-order valence-electron chi connectivity index (χ0n) is 14.7. The van der Waals surface area contributed by atoms with Gasteiger partial charge in [0, 0.05) is 17.3 Å². The van der Waals surface area contributed by atoms with Gasteiger partial charge in [0.2, 0.25) is 0 Å². The molecular formula is C18H17N5O3S. The number of nitrogens with zero attached hydrogens (tertiary/aromatic N) is 4. The third-order valence-corrected chi connectivity index (χ3v) is 4.77. The second kappa shape index (κ2) is 7.92. The first kappa shape index (κ1) is 18.5. The van der Waals surface area contributed by atoms with E-state index in [-0.39, 0.29) is 10.9 Å². The lowest BCUT2D eigenvalue weighted by molar-refractivity contribution is -0.380. The standard InChI is InChI=1S/C18H17N5O3S/c1-12-9-13(2)22(21-12)11-14-3-5-15(6-4-14)18(24)20-19-10-16-7-8-17(27-16)23(25)26/h3-10H,11H2,1-2H3,(H,20,24)/b19-10+. The van der Waals surface area contributed by atoms with Gasteiger partial charge in [0.25, 0.3) is 5.91 Å². The quantitative estimate of drug-likeness (QED) is 0.401. The Kier molecular flexibility index (Phi) is 5.41. The summed E-state index contributed by atoms with van der Waals surface area (Å²) in [6, 6.07) is 12.2. The summed E-state index contributed by atoms with van der Waals surface area (Å²) in [5.74, 6) is -0.352. The summed E-state index contributed by atoms with van der Waals surface area (Å²) in [7, 11) is 0. The molecule has 0 radical (unpaired) electrons. The van der Waals surface area contributed by atoms with Crippen molar-refractivity contribution in [2.75, 3.05) is 0 Å². The first-order valence-electron chi connectivity index (χ1n) is 8.10. The third-order valence-electron chi connectivity index (χ3n) is 3.80. The van der Waals surface area contributed by atoms with Crippen LogP contribution in [0.1, 0.15) is 32.2 Å². The van der Waals surface area contributed by atoms with E-state index in [1.807, 2.05) is 36.7 Å². The van der Waals surface area contributed by atoms with E-state index in [2.05, 4.69) is 15.6 Å². The fourth-order valence-corrected chi connectivity index (χ4v) is 3.19. The summed E-state index contributed by atoms with van der Waals surface area (Å²) in [4.78, 5) is 22.9. The van der Waals surface area contributed by atoms with Gasteiger partial charge >= 0.3 is 5.00 Å². The number of thiophene rings is 1. The molecule has 0 aliphatic carbocycles. The minimum Gasteiger partial charge on any atom is -0.267 e. The third kappa shape index (κ3) is 4.64. The van der Waals surface area contributed by atoms with Crippen LogP contribution in [0.2, 0.25) is 0 Å². The van der Waals surface area contributed by atoms with E-state index in [1.54, 1.807) is 18.2 Å². The molecule has 0 fully saturated rings. The molecule has 8 nitrogen and oxygen atoms in total. The number of hydrazone groups is 1. The molecule has 2 aromatic heterocycles. The number of hydrogen-bond acceptors (Lipinski definition) is 6. The van der Waals surface area contributed by atoms with Gasteiger partial charge in [-0.3, -0.25) is 19.6 Å². The molecule has 0 atom stereocenters. The zero-order valence-corrected chi connectivity index (χ0v) is 15.6. The monoisotopic (exact) mass is 383 g/mol. The van der Waals surface area contributed by atoms with Crippen LogP contribution >= 0.6 is 11.3 Å². The SMILES string of the molecule is Cc1cc(C)n(Cc2ccc(C(=O)N/N=C/c3ccc([N+](=O)[O-])s3)cc2)n1. The van der Waals surface area contributed by atoms with Gasteiger partial charge in [-0.15, -0.1) is 0 Å². The molecule has 0 bridgehead atoms. The van der Waals surface area contributed by atoms with Crippen molar-refractivity contribution < 1.29 is 9.72 Å². The molecule has 9 heteroatoms. The molecule has 2 heterocycles. The van der Waals surface area contributed by atoms with Crippen LogP contribution in [0.3, 0.4) is 0 Å². The van der Waals surface area contributed by atoms with E-state index in [9.17, 15) is 14.9 Å². The summed E-state index contributed by atoms with van der Waals surface area (Å²) >= 11 is 0.986. The van der Waals surface area contributed by atoms with E-state index < -0.39 is 4.92 Å². The summed E-state index contributed by atoms with van der Waals surface area (Å²) in [6.07, 6.45) is 1.38. The summed E-state index contributed by atoms with van der Waals surface area (Å²) in [5, 5.41) is 18.9. The fraction of sp³-hybridized carbons (Fsp3) is 0.167. The second-order valence-electron chi connectivity index (χ2n) is 5.91. The average Bonchev–Trinajstić information content (AvgIpc) is 3.22. The fourth-order valence-electron chi connectivity index (χ4n) is 2.50. The molecule has 3 aromatic rings. The first-order valence-corrected chi connectivity index (χ1v) is 8.91. The molecular weight excluding hydrogens is 366 g/mol. The number of aryl methyl sites for hydroxylation is 2.